The molecule has 0 saturated carbocycles. The molecule has 2 unspecified atom stereocenters. The van der Waals surface area contributed by atoms with E-state index >= 15 is 0 Å². The molecule has 3 N–H and O–H groups in total. The highest BCUT2D eigenvalue weighted by atomic mass is 16.4. The van der Waals surface area contributed by atoms with Crippen LogP contribution in [-0.2, 0) is 9.59 Å². The van der Waals surface area contributed by atoms with Crippen LogP contribution in [0.5, 0.6) is 0 Å². The van der Waals surface area contributed by atoms with E-state index in [1.165, 1.54) is 0 Å². The number of hydrogen-bond donors (Lipinski definition) is 2. The summed E-state index contributed by atoms with van der Waals surface area (Å²) in [6, 6.07) is 17.9. The Hall–Kier alpha value is -2.62. The number of rotatable bonds is 6. The van der Waals surface area contributed by atoms with Crippen molar-refractivity contribution in [3.8, 4) is 0 Å². The summed E-state index contributed by atoms with van der Waals surface area (Å²) in [6.07, 6.45) is 0.151. The average molecular weight is 283 g/mol. The van der Waals surface area contributed by atoms with Gasteiger partial charge in [-0.25, -0.2) is 0 Å². The summed E-state index contributed by atoms with van der Waals surface area (Å²) in [4.78, 5) is 23.3. The van der Waals surface area contributed by atoms with Gasteiger partial charge in [0.1, 0.15) is 0 Å². The van der Waals surface area contributed by atoms with E-state index in [1.807, 2.05) is 24.3 Å². The van der Waals surface area contributed by atoms with Crippen molar-refractivity contribution >= 4 is 11.9 Å². The quantitative estimate of drug-likeness (QED) is 0.854. The van der Waals surface area contributed by atoms with Gasteiger partial charge in [0.05, 0.1) is 11.8 Å². The van der Waals surface area contributed by atoms with Crippen LogP contribution in [0.4, 0.5) is 0 Å². The molecule has 0 aromatic heterocycles. The third-order valence-corrected chi connectivity index (χ3v) is 3.52. The van der Waals surface area contributed by atoms with Crippen LogP contribution < -0.4 is 5.73 Å². The molecule has 2 atom stereocenters. The molecular weight excluding hydrogens is 266 g/mol. The number of nitrogens with two attached hydrogens (primary N) is 1. The number of benzene rings is 2. The number of aliphatic carboxylic acids is 1. The Morgan fingerprint density at radius 3 is 1.67 bits per heavy atom. The summed E-state index contributed by atoms with van der Waals surface area (Å²) >= 11 is 0. The molecule has 0 fully saturated rings. The van der Waals surface area contributed by atoms with Gasteiger partial charge in [0, 0.05) is 0 Å². The van der Waals surface area contributed by atoms with Crippen molar-refractivity contribution in [2.24, 2.45) is 5.73 Å². The van der Waals surface area contributed by atoms with Crippen LogP contribution in [0.1, 0.15) is 29.4 Å². The first kappa shape index (κ1) is 14.8. The molecule has 2 aromatic rings. The van der Waals surface area contributed by atoms with Gasteiger partial charge in [-0.2, -0.15) is 0 Å². The lowest BCUT2D eigenvalue weighted by Gasteiger charge is -2.19. The number of amides is 1. The van der Waals surface area contributed by atoms with Gasteiger partial charge in [-0.05, 0) is 17.5 Å². The normalized spacial score (nSPS) is 13.3. The SMILES string of the molecule is NC(=O)C(CC(C(=O)O)c1ccccc1)c1ccccc1. The Labute approximate surface area is 123 Å². The lowest BCUT2D eigenvalue weighted by molar-refractivity contribution is -0.139. The van der Waals surface area contributed by atoms with Crippen molar-refractivity contribution in [3.05, 3.63) is 71.8 Å². The smallest absolute Gasteiger partial charge is 0.311 e. The molecule has 0 bridgehead atoms. The van der Waals surface area contributed by atoms with Crippen LogP contribution >= 0.6 is 0 Å². The van der Waals surface area contributed by atoms with E-state index in [0.717, 1.165) is 5.56 Å². The maximum absolute atomic E-state index is 11.7. The van der Waals surface area contributed by atoms with E-state index in [0.29, 0.717) is 5.56 Å². The van der Waals surface area contributed by atoms with Crippen LogP contribution in [0.15, 0.2) is 60.7 Å². The maximum atomic E-state index is 11.7. The molecule has 2 rings (SSSR count). The minimum Gasteiger partial charge on any atom is -0.481 e. The monoisotopic (exact) mass is 283 g/mol. The van der Waals surface area contributed by atoms with Crippen molar-refractivity contribution in [1.82, 2.24) is 0 Å². The molecule has 21 heavy (non-hydrogen) atoms. The van der Waals surface area contributed by atoms with E-state index in [-0.39, 0.29) is 6.42 Å². The van der Waals surface area contributed by atoms with Gasteiger partial charge in [-0.1, -0.05) is 60.7 Å². The number of carbonyl (C=O) groups excluding carboxylic acids is 1. The molecule has 2 aromatic carbocycles. The molecule has 4 heteroatoms. The summed E-state index contributed by atoms with van der Waals surface area (Å²) in [6.45, 7) is 0. The summed E-state index contributed by atoms with van der Waals surface area (Å²) in [5, 5.41) is 9.45. The zero-order chi connectivity index (χ0) is 15.2. The second-order valence-corrected chi connectivity index (χ2v) is 4.90. The lowest BCUT2D eigenvalue weighted by Crippen LogP contribution is -2.25. The van der Waals surface area contributed by atoms with Gasteiger partial charge in [0.25, 0.3) is 0 Å². The first-order valence-corrected chi connectivity index (χ1v) is 6.71. The molecule has 0 heterocycles. The predicted molar refractivity (Wildman–Crippen MR) is 79.8 cm³/mol. The summed E-state index contributed by atoms with van der Waals surface area (Å²) in [5.41, 5.74) is 6.88. The molecule has 0 aliphatic rings. The highest BCUT2D eigenvalue weighted by Gasteiger charge is 2.28. The van der Waals surface area contributed by atoms with Crippen molar-refractivity contribution in [3.63, 3.8) is 0 Å². The van der Waals surface area contributed by atoms with E-state index in [2.05, 4.69) is 0 Å². The Morgan fingerprint density at radius 1 is 0.857 bits per heavy atom. The van der Waals surface area contributed by atoms with Gasteiger partial charge < -0.3 is 10.8 Å². The van der Waals surface area contributed by atoms with Gasteiger partial charge in [0.15, 0.2) is 0 Å². The largest absolute Gasteiger partial charge is 0.481 e. The van der Waals surface area contributed by atoms with Gasteiger partial charge >= 0.3 is 5.97 Å². The molecule has 1 amide bonds. The van der Waals surface area contributed by atoms with E-state index in [4.69, 9.17) is 5.73 Å². The number of carbonyl (C=O) groups is 2. The van der Waals surface area contributed by atoms with Crippen LogP contribution in [0, 0.1) is 0 Å². The third-order valence-electron chi connectivity index (χ3n) is 3.52. The van der Waals surface area contributed by atoms with Gasteiger partial charge in [-0.3, -0.25) is 9.59 Å². The van der Waals surface area contributed by atoms with E-state index in [9.17, 15) is 14.7 Å². The van der Waals surface area contributed by atoms with Crippen LogP contribution in [0.2, 0.25) is 0 Å². The third kappa shape index (κ3) is 3.69. The number of carboxylic acid groups (broad SMARTS) is 1. The van der Waals surface area contributed by atoms with Crippen molar-refractivity contribution in [2.45, 2.75) is 18.3 Å². The Kier molecular flexibility index (Phi) is 4.72. The van der Waals surface area contributed by atoms with Gasteiger partial charge in [-0.15, -0.1) is 0 Å². The number of hydrogen-bond acceptors (Lipinski definition) is 2. The number of primary amides is 1. The van der Waals surface area contributed by atoms with E-state index in [1.54, 1.807) is 36.4 Å². The molecule has 4 nitrogen and oxygen atoms in total. The Bertz CT molecular complexity index is 555. The van der Waals surface area contributed by atoms with Gasteiger partial charge in [0.2, 0.25) is 5.91 Å². The topological polar surface area (TPSA) is 80.4 Å². The first-order valence-electron chi connectivity index (χ1n) is 6.71. The summed E-state index contributed by atoms with van der Waals surface area (Å²) < 4.78 is 0. The van der Waals surface area contributed by atoms with Crippen LogP contribution in [0.25, 0.3) is 0 Å². The lowest BCUT2D eigenvalue weighted by atomic mass is 9.84. The van der Waals surface area contributed by atoms with Crippen LogP contribution in [0.3, 0.4) is 0 Å². The molecule has 108 valence electrons. The second kappa shape index (κ2) is 6.70. The molecular formula is C17H17NO3. The second-order valence-electron chi connectivity index (χ2n) is 4.90. The van der Waals surface area contributed by atoms with Crippen molar-refractivity contribution < 1.29 is 14.7 Å². The molecule has 0 aliphatic heterocycles. The fourth-order valence-corrected chi connectivity index (χ4v) is 2.40. The Morgan fingerprint density at radius 2 is 1.29 bits per heavy atom. The van der Waals surface area contributed by atoms with Crippen molar-refractivity contribution in [2.75, 3.05) is 0 Å². The maximum Gasteiger partial charge on any atom is 0.311 e. The fraction of sp³-hybridized carbons (Fsp3) is 0.176. The minimum atomic E-state index is -0.955. The standard InChI is InChI=1S/C17H17NO3/c18-16(19)14(12-7-3-1-4-8-12)11-15(17(20)21)13-9-5-2-6-10-13/h1-10,14-15H,11H2,(H2,18,19)(H,20,21). The highest BCUT2D eigenvalue weighted by molar-refractivity contribution is 5.84. The molecule has 0 spiro atoms. The first-order chi connectivity index (χ1) is 10.1. The molecule has 0 radical (unpaired) electrons. The van der Waals surface area contributed by atoms with Crippen LogP contribution in [-0.4, -0.2) is 17.0 Å². The predicted octanol–water partition coefficient (Wildman–Crippen LogP) is 2.51. The molecule has 0 saturated heterocycles. The average Bonchev–Trinajstić information content (AvgIpc) is 2.49. The number of carboxylic acids is 1. The zero-order valence-electron chi connectivity index (χ0n) is 11.5. The molecule has 0 aliphatic carbocycles. The highest BCUT2D eigenvalue weighted by Crippen LogP contribution is 2.30. The Balaban J connectivity index is 2.30. The summed E-state index contributed by atoms with van der Waals surface area (Å²) in [7, 11) is 0. The zero-order valence-corrected chi connectivity index (χ0v) is 11.5. The summed E-state index contributed by atoms with van der Waals surface area (Å²) in [5.74, 6) is -2.84. The van der Waals surface area contributed by atoms with Crippen molar-refractivity contribution in [1.29, 1.82) is 0 Å². The minimum absolute atomic E-state index is 0.151. The fourth-order valence-electron chi connectivity index (χ4n) is 2.40. The van der Waals surface area contributed by atoms with E-state index < -0.39 is 23.7 Å².